The summed E-state index contributed by atoms with van der Waals surface area (Å²) >= 11 is 0.388. The second-order valence-electron chi connectivity index (χ2n) is 9.14. The predicted molar refractivity (Wildman–Crippen MR) is 101 cm³/mol. The van der Waals surface area contributed by atoms with Crippen molar-refractivity contribution in [1.82, 2.24) is 5.32 Å². The molecule has 1 amide bonds. The van der Waals surface area contributed by atoms with Crippen molar-refractivity contribution < 1.29 is 14.3 Å². The number of hydrogen-bond donors (Lipinski definition) is 1. The van der Waals surface area contributed by atoms with Gasteiger partial charge in [-0.15, -0.1) is 0 Å². The third-order valence-corrected chi connectivity index (χ3v) is 11.4. The van der Waals surface area contributed by atoms with Crippen molar-refractivity contribution >= 4 is 21.1 Å². The van der Waals surface area contributed by atoms with E-state index in [0.29, 0.717) is 32.2 Å². The van der Waals surface area contributed by atoms with Gasteiger partial charge < -0.3 is 0 Å². The van der Waals surface area contributed by atoms with E-state index in [1.54, 1.807) is 0 Å². The van der Waals surface area contributed by atoms with E-state index in [4.69, 9.17) is 9.47 Å². The molecule has 1 unspecified atom stereocenters. The Hall–Kier alpha value is -1.19. The molecule has 1 aromatic rings. The van der Waals surface area contributed by atoms with Crippen LogP contribution in [-0.2, 0) is 11.2 Å². The number of carbonyl (C=O) groups is 1. The minimum atomic E-state index is -0.318. The van der Waals surface area contributed by atoms with Gasteiger partial charge >= 0.3 is 161 Å². The van der Waals surface area contributed by atoms with Gasteiger partial charge in [0.15, 0.2) is 0 Å². The number of alkyl carbamates (subject to hydrolysis) is 1. The van der Waals surface area contributed by atoms with Crippen molar-refractivity contribution in [1.29, 1.82) is 0 Å². The average Bonchev–Trinajstić information content (AvgIpc) is 3.28. The van der Waals surface area contributed by atoms with Crippen molar-refractivity contribution in [2.75, 3.05) is 6.54 Å². The molecule has 4 nitrogen and oxygen atoms in total. The summed E-state index contributed by atoms with van der Waals surface area (Å²) in [5.74, 6) is 1.70. The number of ether oxygens (including phenoxy) is 2. The molecule has 2 bridgehead atoms. The zero-order valence-corrected chi connectivity index (χ0v) is 17.4. The Bertz CT molecular complexity index is 740. The van der Waals surface area contributed by atoms with Gasteiger partial charge in [-0.05, 0) is 0 Å². The molecular weight excluding hydrogens is 393 g/mol. The molecule has 5 heteroatoms. The van der Waals surface area contributed by atoms with E-state index in [9.17, 15) is 4.79 Å². The number of para-hydroxylation sites is 1. The Morgan fingerprint density at radius 1 is 1.27 bits per heavy atom. The first kappa shape index (κ1) is 16.9. The third-order valence-electron chi connectivity index (χ3n) is 8.01. The second kappa shape index (κ2) is 5.42. The Balaban J connectivity index is 1.38. The van der Waals surface area contributed by atoms with E-state index in [2.05, 4.69) is 44.3 Å². The van der Waals surface area contributed by atoms with Crippen LogP contribution in [0.3, 0.4) is 0 Å². The summed E-state index contributed by atoms with van der Waals surface area (Å²) in [4.78, 5) is 12.5. The fourth-order valence-electron chi connectivity index (χ4n) is 6.18. The predicted octanol–water partition coefficient (Wildman–Crippen LogP) is 3.84. The number of benzene rings is 1. The summed E-state index contributed by atoms with van der Waals surface area (Å²) in [5, 5.41) is 4.08. The van der Waals surface area contributed by atoms with Gasteiger partial charge in [0.25, 0.3) is 0 Å². The Morgan fingerprint density at radius 2 is 2.08 bits per heavy atom. The quantitative estimate of drug-likeness (QED) is 0.756. The van der Waals surface area contributed by atoms with Gasteiger partial charge in [0.05, 0.1) is 0 Å². The van der Waals surface area contributed by atoms with Crippen molar-refractivity contribution in [2.24, 2.45) is 16.7 Å². The zero-order valence-electron chi connectivity index (χ0n) is 15.7. The first-order valence-electron chi connectivity index (χ1n) is 9.70. The first-order valence-corrected chi connectivity index (χ1v) is 11.9. The molecule has 5 rings (SSSR count). The molecule has 1 spiro atoms. The fraction of sp³-hybridized carbons (Fsp3) is 0.667. The SMILES string of the molecule is CC1(C)[C@@H]2CC[C@@]1(C)[C@@]1(CNC(=O)O1)[C@H]2[Se]CC1Cc2ccccc2O1. The molecule has 1 N–H and O–H groups in total. The summed E-state index contributed by atoms with van der Waals surface area (Å²) < 4.78 is 12.3. The molecule has 4 aliphatic rings. The van der Waals surface area contributed by atoms with Crippen molar-refractivity contribution in [3.63, 3.8) is 0 Å². The number of carbonyl (C=O) groups excluding carboxylic acids is 1. The van der Waals surface area contributed by atoms with Crippen LogP contribution in [0.1, 0.15) is 39.2 Å². The molecule has 1 saturated heterocycles. The Kier molecular flexibility index (Phi) is 3.53. The van der Waals surface area contributed by atoms with Crippen LogP contribution in [0.15, 0.2) is 24.3 Å². The average molecular weight is 420 g/mol. The van der Waals surface area contributed by atoms with Gasteiger partial charge in [-0.25, -0.2) is 0 Å². The molecule has 3 fully saturated rings. The molecule has 26 heavy (non-hydrogen) atoms. The molecule has 1 aromatic carbocycles. The van der Waals surface area contributed by atoms with Gasteiger partial charge in [0.1, 0.15) is 0 Å². The van der Waals surface area contributed by atoms with E-state index in [1.165, 1.54) is 12.0 Å². The van der Waals surface area contributed by atoms with Crippen LogP contribution in [-0.4, -0.2) is 39.3 Å². The van der Waals surface area contributed by atoms with Crippen molar-refractivity contribution in [3.05, 3.63) is 29.8 Å². The van der Waals surface area contributed by atoms with Gasteiger partial charge in [-0.2, -0.15) is 0 Å². The summed E-state index contributed by atoms with van der Waals surface area (Å²) in [6.45, 7) is 7.85. The van der Waals surface area contributed by atoms with Crippen LogP contribution in [0.4, 0.5) is 4.79 Å². The van der Waals surface area contributed by atoms with E-state index in [-0.39, 0.29) is 28.6 Å². The minimum absolute atomic E-state index is 0.0652. The van der Waals surface area contributed by atoms with E-state index in [1.807, 2.05) is 6.07 Å². The van der Waals surface area contributed by atoms with Crippen molar-refractivity contribution in [3.8, 4) is 5.75 Å². The molecule has 5 atom stereocenters. The third kappa shape index (κ3) is 1.99. The number of nitrogens with one attached hydrogen (secondary N) is 1. The Labute approximate surface area is 161 Å². The molecular formula is C21H27NO3Se. The van der Waals surface area contributed by atoms with E-state index in [0.717, 1.165) is 23.9 Å². The first-order chi connectivity index (χ1) is 12.4. The van der Waals surface area contributed by atoms with Gasteiger partial charge in [0.2, 0.25) is 0 Å². The van der Waals surface area contributed by atoms with Crippen LogP contribution >= 0.6 is 0 Å². The van der Waals surface area contributed by atoms with Crippen molar-refractivity contribution in [2.45, 2.75) is 61.9 Å². The summed E-state index contributed by atoms with van der Waals surface area (Å²) in [7, 11) is 0. The monoisotopic (exact) mass is 421 g/mol. The Morgan fingerprint density at radius 3 is 2.81 bits per heavy atom. The molecule has 2 aliphatic heterocycles. The van der Waals surface area contributed by atoms with Crippen LogP contribution in [0.5, 0.6) is 5.75 Å². The van der Waals surface area contributed by atoms with Crippen LogP contribution < -0.4 is 10.1 Å². The molecule has 140 valence electrons. The normalized spacial score (nSPS) is 41.8. The number of rotatable bonds is 3. The van der Waals surface area contributed by atoms with Gasteiger partial charge in [-0.1, -0.05) is 0 Å². The fourth-order valence-corrected chi connectivity index (χ4v) is 10.3. The summed E-state index contributed by atoms with van der Waals surface area (Å²) in [6.07, 6.45) is 3.50. The molecule has 2 aliphatic carbocycles. The maximum atomic E-state index is 12.0. The number of fused-ring (bicyclic) bond motifs is 4. The van der Waals surface area contributed by atoms with Gasteiger partial charge in [-0.3, -0.25) is 0 Å². The van der Waals surface area contributed by atoms with Crippen LogP contribution in [0, 0.1) is 16.7 Å². The number of amides is 1. The summed E-state index contributed by atoms with van der Waals surface area (Å²) in [6, 6.07) is 8.39. The summed E-state index contributed by atoms with van der Waals surface area (Å²) in [5.41, 5.74) is 1.29. The van der Waals surface area contributed by atoms with E-state index < -0.39 is 0 Å². The maximum absolute atomic E-state index is 12.0. The number of hydrogen-bond acceptors (Lipinski definition) is 3. The van der Waals surface area contributed by atoms with Gasteiger partial charge in [0, 0.05) is 0 Å². The van der Waals surface area contributed by atoms with Crippen LogP contribution in [0.25, 0.3) is 0 Å². The molecule has 0 aromatic heterocycles. The second-order valence-corrected chi connectivity index (χ2v) is 11.6. The molecule has 2 heterocycles. The molecule has 0 radical (unpaired) electrons. The van der Waals surface area contributed by atoms with Crippen LogP contribution in [0.2, 0.25) is 10.1 Å². The van der Waals surface area contributed by atoms with E-state index >= 15 is 0 Å². The molecule has 2 saturated carbocycles. The standard InChI is InChI=1S/C21H27NO3Se/c1-19(2)15-8-9-20(19,3)21(12-22-18(23)25-21)17(15)26-11-14-10-13-6-4-5-7-16(13)24-14/h4-7,14-15,17H,8-12H2,1-3H3,(H,22,23)/t14?,15-,17+,20-,21-/m1/s1. The zero-order chi connectivity index (χ0) is 18.2. The topological polar surface area (TPSA) is 47.6 Å².